The molecule has 174 valence electrons. The van der Waals surface area contributed by atoms with Gasteiger partial charge in [-0.3, -0.25) is 4.79 Å². The van der Waals surface area contributed by atoms with Crippen LogP contribution in [0.15, 0.2) is 11.3 Å². The molecule has 0 unspecified atom stereocenters. The molecule has 4 saturated carbocycles. The van der Waals surface area contributed by atoms with Gasteiger partial charge in [-0.1, -0.05) is 20.8 Å². The Labute approximate surface area is 187 Å². The lowest BCUT2D eigenvalue weighted by atomic mass is 9.44. The number of hydrogen-bond donors (Lipinski definition) is 2. The maximum absolute atomic E-state index is 13.9. The molecule has 5 aliphatic rings. The number of aliphatic hydroxyl groups is 2. The van der Waals surface area contributed by atoms with Gasteiger partial charge in [0.2, 0.25) is 0 Å². The normalized spacial score (nSPS) is 49.7. The minimum Gasteiger partial charge on any atom is -0.494 e. The number of hydrogen-bond acceptors (Lipinski definition) is 4. The average molecular weight is 431 g/mol. The number of carbonyl (C=O) groups is 1. The Morgan fingerprint density at radius 2 is 1.94 bits per heavy atom. The highest BCUT2D eigenvalue weighted by atomic mass is 16.5. The van der Waals surface area contributed by atoms with Gasteiger partial charge in [0.1, 0.15) is 11.9 Å². The number of aliphatic hydroxyl groups excluding tert-OH is 2. The van der Waals surface area contributed by atoms with Crippen molar-refractivity contribution in [2.24, 2.45) is 46.3 Å². The first-order chi connectivity index (χ1) is 14.7. The van der Waals surface area contributed by atoms with Crippen molar-refractivity contribution in [3.05, 3.63) is 11.3 Å². The molecule has 4 fully saturated rings. The van der Waals surface area contributed by atoms with Gasteiger partial charge in [0, 0.05) is 30.8 Å². The predicted molar refractivity (Wildman–Crippen MR) is 120 cm³/mol. The minimum absolute atomic E-state index is 0.141. The maximum atomic E-state index is 13.9. The van der Waals surface area contributed by atoms with Crippen LogP contribution in [-0.2, 0) is 9.53 Å². The van der Waals surface area contributed by atoms with Gasteiger partial charge in [0.25, 0.3) is 0 Å². The molecule has 1 aliphatic heterocycles. The molecule has 0 aromatic heterocycles. The van der Waals surface area contributed by atoms with Crippen LogP contribution in [0.3, 0.4) is 0 Å². The molecular formula is C27H42O4. The van der Waals surface area contributed by atoms with Crippen LogP contribution in [0.25, 0.3) is 0 Å². The van der Waals surface area contributed by atoms with E-state index in [0.29, 0.717) is 29.5 Å². The summed E-state index contributed by atoms with van der Waals surface area (Å²) in [6.07, 6.45) is 8.93. The summed E-state index contributed by atoms with van der Waals surface area (Å²) in [6, 6.07) is 0. The maximum Gasteiger partial charge on any atom is 0.140 e. The molecule has 0 aromatic rings. The molecule has 0 amide bonds. The molecule has 4 heteroatoms. The van der Waals surface area contributed by atoms with Crippen molar-refractivity contribution in [2.45, 2.75) is 97.7 Å². The fraction of sp³-hybridized carbons (Fsp3) is 0.889. The fourth-order valence-electron chi connectivity index (χ4n) is 8.97. The lowest BCUT2D eigenvalue weighted by Crippen LogP contribution is -2.57. The van der Waals surface area contributed by atoms with Crippen molar-refractivity contribution in [3.63, 3.8) is 0 Å². The Morgan fingerprint density at radius 1 is 1.16 bits per heavy atom. The molecule has 0 spiro atoms. The second kappa shape index (κ2) is 7.58. The summed E-state index contributed by atoms with van der Waals surface area (Å²) in [5.41, 5.74) is 1.25. The smallest absolute Gasteiger partial charge is 0.140 e. The van der Waals surface area contributed by atoms with Crippen LogP contribution >= 0.6 is 0 Å². The summed E-state index contributed by atoms with van der Waals surface area (Å²) in [7, 11) is 0. The SMILES string of the molecule is CC1=C(CC[C@@H](C)CO)O[C@@H]2C[C@H]3[C@@H]4CC[C@H]5C[C@@H](O)CC[C@]5(C)[C@@H]4CC(=O)[C@]3(C)[C@@H]12. The van der Waals surface area contributed by atoms with Gasteiger partial charge in [-0.05, 0) is 92.4 Å². The van der Waals surface area contributed by atoms with E-state index in [1.807, 2.05) is 0 Å². The third kappa shape index (κ3) is 3.10. The van der Waals surface area contributed by atoms with Crippen molar-refractivity contribution in [1.82, 2.24) is 0 Å². The largest absolute Gasteiger partial charge is 0.494 e. The highest BCUT2D eigenvalue weighted by molar-refractivity contribution is 5.87. The van der Waals surface area contributed by atoms with Crippen LogP contribution < -0.4 is 0 Å². The number of ketones is 1. The number of carbonyl (C=O) groups excluding carboxylic acids is 1. The van der Waals surface area contributed by atoms with Crippen molar-refractivity contribution in [3.8, 4) is 0 Å². The van der Waals surface area contributed by atoms with Gasteiger partial charge in [0.05, 0.1) is 11.9 Å². The van der Waals surface area contributed by atoms with Crippen molar-refractivity contribution in [1.29, 1.82) is 0 Å². The molecule has 1 heterocycles. The summed E-state index contributed by atoms with van der Waals surface area (Å²) in [6.45, 7) is 9.21. The van der Waals surface area contributed by atoms with E-state index in [4.69, 9.17) is 4.74 Å². The van der Waals surface area contributed by atoms with Gasteiger partial charge < -0.3 is 14.9 Å². The second-order valence-electron chi connectivity index (χ2n) is 12.3. The third-order valence-corrected chi connectivity index (χ3v) is 10.9. The highest BCUT2D eigenvalue weighted by Gasteiger charge is 2.67. The first kappa shape index (κ1) is 21.9. The number of fused-ring (bicyclic) bond motifs is 7. The fourth-order valence-corrected chi connectivity index (χ4v) is 8.97. The monoisotopic (exact) mass is 430 g/mol. The average Bonchev–Trinajstić information content (AvgIpc) is 3.22. The van der Waals surface area contributed by atoms with Gasteiger partial charge in [0.15, 0.2) is 0 Å². The Bertz CT molecular complexity index is 773. The number of allylic oxidation sites excluding steroid dienone is 1. The summed E-state index contributed by atoms with van der Waals surface area (Å²) in [5, 5.41) is 19.6. The third-order valence-electron chi connectivity index (χ3n) is 10.9. The van der Waals surface area contributed by atoms with Crippen LogP contribution in [0.2, 0.25) is 0 Å². The topological polar surface area (TPSA) is 66.8 Å². The summed E-state index contributed by atoms with van der Waals surface area (Å²) < 4.78 is 6.54. The first-order valence-electron chi connectivity index (χ1n) is 12.9. The second-order valence-corrected chi connectivity index (χ2v) is 12.3. The van der Waals surface area contributed by atoms with E-state index in [0.717, 1.165) is 50.7 Å². The zero-order valence-corrected chi connectivity index (χ0v) is 19.9. The van der Waals surface area contributed by atoms with Crippen LogP contribution in [0, 0.1) is 46.3 Å². The van der Waals surface area contributed by atoms with Gasteiger partial charge in [-0.2, -0.15) is 0 Å². The quantitative estimate of drug-likeness (QED) is 0.667. The van der Waals surface area contributed by atoms with Crippen molar-refractivity contribution in [2.75, 3.05) is 6.61 Å². The van der Waals surface area contributed by atoms with Gasteiger partial charge in [-0.25, -0.2) is 0 Å². The molecule has 0 radical (unpaired) electrons. The Kier molecular flexibility index (Phi) is 5.37. The summed E-state index contributed by atoms with van der Waals surface area (Å²) in [4.78, 5) is 13.9. The van der Waals surface area contributed by atoms with E-state index in [1.54, 1.807) is 0 Å². The van der Waals surface area contributed by atoms with Crippen molar-refractivity contribution < 1.29 is 19.7 Å². The molecule has 4 aliphatic carbocycles. The standard InChI is InChI=1S/C27H42O4/c1-15(14-28)5-8-22-16(2)25-23(31-22)12-21-19-7-6-17-11-18(29)9-10-26(17,3)20(19)13-24(30)27(21,25)4/h15,17-21,23,25,28-29H,5-14H2,1-4H3/t15-,17+,18+,19-,20-,21+,23-,25+,26+,27-/m1/s1. The zero-order chi connectivity index (χ0) is 22.1. The van der Waals surface area contributed by atoms with E-state index < -0.39 is 0 Å². The Morgan fingerprint density at radius 3 is 2.68 bits per heavy atom. The van der Waals surface area contributed by atoms with Crippen LogP contribution in [0.1, 0.15) is 85.5 Å². The van der Waals surface area contributed by atoms with Gasteiger partial charge in [-0.15, -0.1) is 0 Å². The van der Waals surface area contributed by atoms with Crippen molar-refractivity contribution >= 4 is 5.78 Å². The lowest BCUT2D eigenvalue weighted by Gasteiger charge is -2.60. The molecule has 5 rings (SSSR count). The highest BCUT2D eigenvalue weighted by Crippen LogP contribution is 2.68. The predicted octanol–water partition coefficient (Wildman–Crippen LogP) is 4.88. The zero-order valence-electron chi connectivity index (χ0n) is 19.9. The van der Waals surface area contributed by atoms with E-state index in [9.17, 15) is 15.0 Å². The Balaban J connectivity index is 1.41. The molecule has 31 heavy (non-hydrogen) atoms. The summed E-state index contributed by atoms with van der Waals surface area (Å²) in [5.74, 6) is 4.23. The lowest BCUT2D eigenvalue weighted by molar-refractivity contribution is -0.158. The number of ether oxygens (including phenoxy) is 1. The minimum atomic E-state index is -0.280. The number of Topliss-reactive ketones (excluding diaryl/α,β-unsaturated/α-hetero) is 1. The van der Waals surface area contributed by atoms with Crippen LogP contribution in [0.4, 0.5) is 0 Å². The van der Waals surface area contributed by atoms with E-state index >= 15 is 0 Å². The van der Waals surface area contributed by atoms with Crippen LogP contribution in [-0.4, -0.2) is 34.8 Å². The Hall–Kier alpha value is -0.870. The molecular weight excluding hydrogens is 388 g/mol. The van der Waals surface area contributed by atoms with E-state index in [2.05, 4.69) is 27.7 Å². The molecule has 4 nitrogen and oxygen atoms in total. The molecule has 10 atom stereocenters. The van der Waals surface area contributed by atoms with E-state index in [-0.39, 0.29) is 41.5 Å². The summed E-state index contributed by atoms with van der Waals surface area (Å²) >= 11 is 0. The first-order valence-corrected chi connectivity index (χ1v) is 12.9. The molecule has 0 saturated heterocycles. The van der Waals surface area contributed by atoms with E-state index in [1.165, 1.54) is 18.4 Å². The molecule has 0 bridgehead atoms. The number of rotatable bonds is 4. The molecule has 0 aromatic carbocycles. The van der Waals surface area contributed by atoms with Crippen LogP contribution in [0.5, 0.6) is 0 Å². The van der Waals surface area contributed by atoms with Gasteiger partial charge >= 0.3 is 0 Å². The molecule has 2 N–H and O–H groups in total.